The molecule has 1 aromatic rings. The molecule has 1 amide bonds. The molecular weight excluding hydrogens is 224 g/mol. The van der Waals surface area contributed by atoms with Crippen LogP contribution in [0.15, 0.2) is 30.0 Å². The van der Waals surface area contributed by atoms with E-state index in [-0.39, 0.29) is 5.91 Å². The highest BCUT2D eigenvalue weighted by atomic mass is 32.1. The summed E-state index contributed by atoms with van der Waals surface area (Å²) < 4.78 is 0. The number of aldehydes is 1. The van der Waals surface area contributed by atoms with Gasteiger partial charge in [0, 0.05) is 5.56 Å². The van der Waals surface area contributed by atoms with Gasteiger partial charge in [-0.05, 0) is 23.9 Å². The van der Waals surface area contributed by atoms with Crippen molar-refractivity contribution in [1.82, 2.24) is 10.6 Å². The number of thiocarbonyl (C=S) groups is 1. The van der Waals surface area contributed by atoms with E-state index in [1.165, 1.54) is 0 Å². The van der Waals surface area contributed by atoms with Gasteiger partial charge in [-0.2, -0.15) is 0 Å². The second-order valence-corrected chi connectivity index (χ2v) is 3.66. The minimum Gasteiger partial charge on any atom is -0.328 e. The molecule has 1 aliphatic rings. The Morgan fingerprint density at radius 3 is 2.19 bits per heavy atom. The lowest BCUT2D eigenvalue weighted by Gasteiger charge is -1.96. The van der Waals surface area contributed by atoms with Crippen LogP contribution in [0.1, 0.15) is 15.9 Å². The highest BCUT2D eigenvalue weighted by Crippen LogP contribution is 2.09. The Labute approximate surface area is 97.3 Å². The molecule has 1 aliphatic heterocycles. The molecule has 0 aliphatic carbocycles. The van der Waals surface area contributed by atoms with Gasteiger partial charge in [-0.25, -0.2) is 0 Å². The Bertz CT molecular complexity index is 491. The quantitative estimate of drug-likeness (QED) is 0.451. The molecule has 0 saturated carbocycles. The zero-order valence-electron chi connectivity index (χ0n) is 8.19. The van der Waals surface area contributed by atoms with E-state index in [0.717, 1.165) is 11.8 Å². The van der Waals surface area contributed by atoms with Crippen LogP contribution in [-0.4, -0.2) is 17.3 Å². The third kappa shape index (κ3) is 2.14. The van der Waals surface area contributed by atoms with Crippen LogP contribution in [0.3, 0.4) is 0 Å². The van der Waals surface area contributed by atoms with Gasteiger partial charge in [-0.15, -0.1) is 0 Å². The molecule has 80 valence electrons. The highest BCUT2D eigenvalue weighted by Gasteiger charge is 2.19. The minimum atomic E-state index is -0.246. The molecule has 2 rings (SSSR count). The lowest BCUT2D eigenvalue weighted by molar-refractivity contribution is -0.115. The van der Waals surface area contributed by atoms with Crippen LogP contribution < -0.4 is 10.6 Å². The van der Waals surface area contributed by atoms with Gasteiger partial charge in [0.1, 0.15) is 12.0 Å². The number of hydrogen-bond acceptors (Lipinski definition) is 3. The standard InChI is InChI=1S/C11H8N2O2S/c14-6-8-3-1-7(2-4-8)5-9-10(15)13-11(16)12-9/h1-6H,(H2,12,13,15,16)/b9-5+. The normalized spacial score (nSPS) is 17.1. The number of nitrogens with one attached hydrogen (secondary N) is 2. The van der Waals surface area contributed by atoms with Crippen molar-refractivity contribution in [2.75, 3.05) is 0 Å². The van der Waals surface area contributed by atoms with Crippen LogP contribution in [0.5, 0.6) is 0 Å². The van der Waals surface area contributed by atoms with Gasteiger partial charge in [0.05, 0.1) is 0 Å². The fourth-order valence-electron chi connectivity index (χ4n) is 1.32. The van der Waals surface area contributed by atoms with Crippen molar-refractivity contribution >= 4 is 35.6 Å². The molecule has 0 aromatic heterocycles. The Morgan fingerprint density at radius 2 is 1.69 bits per heavy atom. The number of rotatable bonds is 2. The molecule has 5 heteroatoms. The molecule has 1 fully saturated rings. The van der Waals surface area contributed by atoms with Gasteiger partial charge in [-0.3, -0.25) is 14.9 Å². The first-order chi connectivity index (χ1) is 7.69. The second-order valence-electron chi connectivity index (χ2n) is 3.25. The number of hydrogen-bond donors (Lipinski definition) is 2. The van der Waals surface area contributed by atoms with Crippen LogP contribution >= 0.6 is 12.2 Å². The van der Waals surface area contributed by atoms with Gasteiger partial charge in [-0.1, -0.05) is 24.3 Å². The number of benzene rings is 1. The summed E-state index contributed by atoms with van der Waals surface area (Å²) in [6.07, 6.45) is 2.44. The van der Waals surface area contributed by atoms with Crippen LogP contribution in [0, 0.1) is 0 Å². The molecule has 0 bridgehead atoms. The van der Waals surface area contributed by atoms with Crippen LogP contribution in [0.25, 0.3) is 6.08 Å². The Morgan fingerprint density at radius 1 is 1.06 bits per heavy atom. The van der Waals surface area contributed by atoms with Crippen molar-refractivity contribution < 1.29 is 9.59 Å². The van der Waals surface area contributed by atoms with Gasteiger partial charge < -0.3 is 5.32 Å². The summed E-state index contributed by atoms with van der Waals surface area (Å²) in [5.41, 5.74) is 1.83. The lowest BCUT2D eigenvalue weighted by Crippen LogP contribution is -2.21. The maximum Gasteiger partial charge on any atom is 0.273 e. The van der Waals surface area contributed by atoms with E-state index in [4.69, 9.17) is 12.2 Å². The number of carbonyl (C=O) groups excluding carboxylic acids is 2. The first-order valence-electron chi connectivity index (χ1n) is 4.58. The number of carbonyl (C=O) groups is 2. The van der Waals surface area contributed by atoms with Crippen molar-refractivity contribution in [3.8, 4) is 0 Å². The first-order valence-corrected chi connectivity index (χ1v) is 4.99. The largest absolute Gasteiger partial charge is 0.328 e. The van der Waals surface area contributed by atoms with Gasteiger partial charge >= 0.3 is 0 Å². The minimum absolute atomic E-state index is 0.246. The van der Waals surface area contributed by atoms with Crippen LogP contribution in [-0.2, 0) is 4.79 Å². The maximum absolute atomic E-state index is 11.3. The maximum atomic E-state index is 11.3. The molecule has 0 spiro atoms. The van der Waals surface area contributed by atoms with E-state index in [9.17, 15) is 9.59 Å². The van der Waals surface area contributed by atoms with E-state index in [1.54, 1.807) is 30.3 Å². The van der Waals surface area contributed by atoms with Gasteiger partial charge in [0.15, 0.2) is 5.11 Å². The molecule has 1 saturated heterocycles. The van der Waals surface area contributed by atoms with Crippen molar-refractivity contribution in [2.45, 2.75) is 0 Å². The van der Waals surface area contributed by atoms with Crippen LogP contribution in [0.4, 0.5) is 0 Å². The monoisotopic (exact) mass is 232 g/mol. The van der Waals surface area contributed by atoms with E-state index in [2.05, 4.69) is 10.6 Å². The van der Waals surface area contributed by atoms with Crippen LogP contribution in [0.2, 0.25) is 0 Å². The SMILES string of the molecule is O=Cc1ccc(/C=C2/NC(=S)NC2=O)cc1. The average molecular weight is 232 g/mol. The summed E-state index contributed by atoms with van der Waals surface area (Å²) >= 11 is 4.80. The second kappa shape index (κ2) is 4.24. The third-order valence-electron chi connectivity index (χ3n) is 2.10. The molecule has 1 heterocycles. The van der Waals surface area contributed by atoms with Crippen molar-refractivity contribution in [1.29, 1.82) is 0 Å². The summed E-state index contributed by atoms with van der Waals surface area (Å²) in [5, 5.41) is 5.52. The van der Waals surface area contributed by atoms with Crippen molar-refractivity contribution in [3.63, 3.8) is 0 Å². The first kappa shape index (κ1) is 10.5. The van der Waals surface area contributed by atoms with Crippen molar-refractivity contribution in [2.24, 2.45) is 0 Å². The molecule has 1 aromatic carbocycles. The van der Waals surface area contributed by atoms with Gasteiger partial charge in [0.25, 0.3) is 5.91 Å². The van der Waals surface area contributed by atoms with E-state index in [0.29, 0.717) is 16.4 Å². The summed E-state index contributed by atoms with van der Waals surface area (Å²) in [6.45, 7) is 0. The molecule has 0 unspecified atom stereocenters. The fraction of sp³-hybridized carbons (Fsp3) is 0. The summed E-state index contributed by atoms with van der Waals surface area (Å²) in [4.78, 5) is 21.8. The molecule has 4 nitrogen and oxygen atoms in total. The lowest BCUT2D eigenvalue weighted by atomic mass is 10.1. The molecule has 16 heavy (non-hydrogen) atoms. The Balaban J connectivity index is 2.25. The zero-order valence-corrected chi connectivity index (χ0v) is 9.01. The number of amides is 1. The van der Waals surface area contributed by atoms with E-state index < -0.39 is 0 Å². The predicted octanol–water partition coefficient (Wildman–Crippen LogP) is 0.844. The Kier molecular flexibility index (Phi) is 2.78. The third-order valence-corrected chi connectivity index (χ3v) is 2.31. The van der Waals surface area contributed by atoms with E-state index >= 15 is 0 Å². The fourth-order valence-corrected chi connectivity index (χ4v) is 1.52. The highest BCUT2D eigenvalue weighted by molar-refractivity contribution is 7.80. The predicted molar refractivity (Wildman–Crippen MR) is 63.7 cm³/mol. The molecule has 0 radical (unpaired) electrons. The Hall–Kier alpha value is -2.01. The summed E-state index contributed by atoms with van der Waals surface area (Å²) in [7, 11) is 0. The van der Waals surface area contributed by atoms with Crippen molar-refractivity contribution in [3.05, 3.63) is 41.1 Å². The molecule has 2 N–H and O–H groups in total. The topological polar surface area (TPSA) is 58.2 Å². The van der Waals surface area contributed by atoms with Gasteiger partial charge in [0.2, 0.25) is 0 Å². The summed E-state index contributed by atoms with van der Waals surface area (Å²) in [6, 6.07) is 6.88. The molecule has 0 atom stereocenters. The average Bonchev–Trinajstić information content (AvgIpc) is 2.59. The van der Waals surface area contributed by atoms with E-state index in [1.807, 2.05) is 0 Å². The smallest absolute Gasteiger partial charge is 0.273 e. The summed E-state index contributed by atoms with van der Waals surface area (Å²) in [5.74, 6) is -0.246. The molecular formula is C11H8N2O2S. The zero-order chi connectivity index (χ0) is 11.5.